The number of rotatable bonds is 5. The molecule has 4 saturated carbocycles. The maximum atomic E-state index is 11.7. The van der Waals surface area contributed by atoms with Crippen molar-refractivity contribution in [2.75, 3.05) is 6.61 Å². The molecular weight excluding hydrogens is 296 g/mol. The van der Waals surface area contributed by atoms with E-state index in [4.69, 9.17) is 4.74 Å². The molecule has 4 aliphatic rings. The Morgan fingerprint density at radius 1 is 1.32 bits per heavy atom. The van der Waals surface area contributed by atoms with E-state index in [-0.39, 0.29) is 5.97 Å². The third-order valence-electron chi connectivity index (χ3n) is 5.69. The molecule has 1 aromatic heterocycles. The van der Waals surface area contributed by atoms with Gasteiger partial charge in [0.15, 0.2) is 5.69 Å². The van der Waals surface area contributed by atoms with Gasteiger partial charge in [-0.1, -0.05) is 0 Å². The lowest BCUT2D eigenvalue weighted by molar-refractivity contribution is -0.0206. The predicted octanol–water partition coefficient (Wildman–Crippen LogP) is 3.38. The van der Waals surface area contributed by atoms with Crippen LogP contribution in [0.5, 0.6) is 0 Å². The van der Waals surface area contributed by atoms with Crippen molar-refractivity contribution in [2.45, 2.75) is 57.5 Å². The van der Waals surface area contributed by atoms with Crippen molar-refractivity contribution >= 4 is 17.3 Å². The molecule has 1 heterocycles. The molecule has 5 heteroatoms. The Kier molecular flexibility index (Phi) is 3.73. The summed E-state index contributed by atoms with van der Waals surface area (Å²) in [7, 11) is 0. The van der Waals surface area contributed by atoms with Gasteiger partial charge in [-0.2, -0.15) is 0 Å². The van der Waals surface area contributed by atoms with Gasteiger partial charge in [-0.05, 0) is 63.2 Å². The fourth-order valence-corrected chi connectivity index (χ4v) is 5.98. The molecule has 0 aliphatic heterocycles. The molecule has 0 aromatic carbocycles. The molecule has 1 N–H and O–H groups in total. The molecule has 22 heavy (non-hydrogen) atoms. The lowest BCUT2D eigenvalue weighted by Crippen LogP contribution is -2.58. The topological polar surface area (TPSA) is 51.2 Å². The number of aromatic nitrogens is 1. The number of esters is 1. The highest BCUT2D eigenvalue weighted by Crippen LogP contribution is 2.55. The van der Waals surface area contributed by atoms with Crippen molar-refractivity contribution in [1.82, 2.24) is 10.3 Å². The first-order chi connectivity index (χ1) is 10.7. The smallest absolute Gasteiger partial charge is 0.357 e. The lowest BCUT2D eigenvalue weighted by atomic mass is 9.53. The first-order valence-corrected chi connectivity index (χ1v) is 9.40. The highest BCUT2D eigenvalue weighted by molar-refractivity contribution is 7.09. The van der Waals surface area contributed by atoms with Gasteiger partial charge in [-0.25, -0.2) is 9.78 Å². The van der Waals surface area contributed by atoms with Crippen LogP contribution in [0.4, 0.5) is 0 Å². The summed E-state index contributed by atoms with van der Waals surface area (Å²) in [6.45, 7) is 3.01. The molecule has 4 fully saturated rings. The van der Waals surface area contributed by atoms with Crippen molar-refractivity contribution in [3.05, 3.63) is 16.1 Å². The Hall–Kier alpha value is -0.940. The first-order valence-electron chi connectivity index (χ1n) is 8.52. The van der Waals surface area contributed by atoms with Crippen molar-refractivity contribution in [3.63, 3.8) is 0 Å². The third-order valence-corrected chi connectivity index (χ3v) is 6.54. The summed E-state index contributed by atoms with van der Waals surface area (Å²) in [5.41, 5.74) is 0.805. The van der Waals surface area contributed by atoms with Gasteiger partial charge >= 0.3 is 5.97 Å². The van der Waals surface area contributed by atoms with Gasteiger partial charge in [-0.15, -0.1) is 11.3 Å². The zero-order chi connectivity index (χ0) is 15.2. The number of thiazole rings is 1. The highest BCUT2D eigenvalue weighted by atomic mass is 32.1. The summed E-state index contributed by atoms with van der Waals surface area (Å²) in [6.07, 6.45) is 8.42. The van der Waals surface area contributed by atoms with Crippen LogP contribution in [-0.4, -0.2) is 23.1 Å². The summed E-state index contributed by atoms with van der Waals surface area (Å²) in [6, 6.07) is 0. The van der Waals surface area contributed by atoms with Gasteiger partial charge in [0.1, 0.15) is 5.01 Å². The van der Waals surface area contributed by atoms with Gasteiger partial charge in [0.05, 0.1) is 6.61 Å². The molecule has 4 aliphatic carbocycles. The summed E-state index contributed by atoms with van der Waals surface area (Å²) in [5.74, 6) is 2.54. The number of nitrogens with one attached hydrogen (secondary N) is 1. The highest BCUT2D eigenvalue weighted by Gasteiger charge is 2.50. The van der Waals surface area contributed by atoms with E-state index in [0.29, 0.717) is 17.8 Å². The minimum atomic E-state index is -0.306. The molecule has 4 nitrogen and oxygen atoms in total. The SMILES string of the molecule is CCOC(=O)c1csc(CNC23CC4CC(CC(C4)C2)C3)n1. The van der Waals surface area contributed by atoms with E-state index in [9.17, 15) is 4.79 Å². The summed E-state index contributed by atoms with van der Waals surface area (Å²) < 4.78 is 5.00. The standard InChI is InChI=1S/C17H24N2O2S/c1-2-21-16(20)14-10-22-15(19-14)9-18-17-6-11-3-12(7-17)5-13(4-11)8-17/h10-13,18H,2-9H2,1H3. The van der Waals surface area contributed by atoms with E-state index >= 15 is 0 Å². The number of ether oxygens (including phenoxy) is 1. The summed E-state index contributed by atoms with van der Waals surface area (Å²) in [4.78, 5) is 16.1. The molecule has 0 spiro atoms. The number of carbonyl (C=O) groups is 1. The average Bonchev–Trinajstić information content (AvgIpc) is 2.93. The van der Waals surface area contributed by atoms with Crippen LogP contribution in [0.1, 0.15) is 60.9 Å². The largest absolute Gasteiger partial charge is 0.461 e. The maximum absolute atomic E-state index is 11.7. The molecule has 0 atom stereocenters. The summed E-state index contributed by atoms with van der Waals surface area (Å²) >= 11 is 1.56. The maximum Gasteiger partial charge on any atom is 0.357 e. The fraction of sp³-hybridized carbons (Fsp3) is 0.765. The van der Waals surface area contributed by atoms with Crippen molar-refractivity contribution in [1.29, 1.82) is 0 Å². The van der Waals surface area contributed by atoms with Crippen molar-refractivity contribution in [2.24, 2.45) is 17.8 Å². The minimum Gasteiger partial charge on any atom is -0.461 e. The number of hydrogen-bond donors (Lipinski definition) is 1. The molecule has 1 aromatic rings. The van der Waals surface area contributed by atoms with Gasteiger partial charge in [-0.3, -0.25) is 0 Å². The Balaban J connectivity index is 1.40. The predicted molar refractivity (Wildman–Crippen MR) is 85.8 cm³/mol. The second-order valence-corrected chi connectivity index (χ2v) is 8.34. The van der Waals surface area contributed by atoms with E-state index in [1.165, 1.54) is 38.5 Å². The molecule has 0 saturated heterocycles. The Morgan fingerprint density at radius 2 is 1.95 bits per heavy atom. The lowest BCUT2D eigenvalue weighted by Gasteiger charge is -2.57. The monoisotopic (exact) mass is 320 g/mol. The van der Waals surface area contributed by atoms with Crippen LogP contribution in [0.3, 0.4) is 0 Å². The minimum absolute atomic E-state index is 0.306. The van der Waals surface area contributed by atoms with Crippen LogP contribution >= 0.6 is 11.3 Å². The first kappa shape index (κ1) is 14.6. The number of hydrogen-bond acceptors (Lipinski definition) is 5. The zero-order valence-corrected chi connectivity index (χ0v) is 14.0. The quantitative estimate of drug-likeness (QED) is 0.845. The molecule has 0 radical (unpaired) electrons. The van der Waals surface area contributed by atoms with Crippen LogP contribution in [0.2, 0.25) is 0 Å². The molecular formula is C17H24N2O2S. The van der Waals surface area contributed by atoms with Gasteiger partial charge in [0.25, 0.3) is 0 Å². The Bertz CT molecular complexity index is 533. The Labute approximate surface area is 135 Å². The van der Waals surface area contributed by atoms with Gasteiger partial charge < -0.3 is 10.1 Å². The van der Waals surface area contributed by atoms with E-state index in [1.54, 1.807) is 11.3 Å². The fourth-order valence-electron chi connectivity index (χ4n) is 5.28. The van der Waals surface area contributed by atoms with Crippen LogP contribution in [0, 0.1) is 17.8 Å². The molecule has 5 rings (SSSR count). The van der Waals surface area contributed by atoms with Gasteiger partial charge in [0.2, 0.25) is 0 Å². The van der Waals surface area contributed by atoms with Crippen LogP contribution < -0.4 is 5.32 Å². The van der Waals surface area contributed by atoms with Crippen molar-refractivity contribution < 1.29 is 9.53 Å². The molecule has 120 valence electrons. The molecule has 0 amide bonds. The van der Waals surface area contributed by atoms with E-state index < -0.39 is 0 Å². The zero-order valence-electron chi connectivity index (χ0n) is 13.1. The van der Waals surface area contributed by atoms with Crippen LogP contribution in [0.25, 0.3) is 0 Å². The van der Waals surface area contributed by atoms with E-state index in [1.807, 2.05) is 12.3 Å². The molecule has 4 bridgehead atoms. The third kappa shape index (κ3) is 2.69. The normalized spacial score (nSPS) is 35.8. The second-order valence-electron chi connectivity index (χ2n) is 7.40. The molecule has 0 unspecified atom stereocenters. The van der Waals surface area contributed by atoms with E-state index in [2.05, 4.69) is 10.3 Å². The summed E-state index contributed by atoms with van der Waals surface area (Å²) in [5, 5.41) is 6.64. The van der Waals surface area contributed by atoms with E-state index in [0.717, 1.165) is 29.3 Å². The Morgan fingerprint density at radius 3 is 2.55 bits per heavy atom. The number of nitrogens with zero attached hydrogens (tertiary/aromatic N) is 1. The van der Waals surface area contributed by atoms with Gasteiger partial charge in [0, 0.05) is 17.5 Å². The van der Waals surface area contributed by atoms with Crippen molar-refractivity contribution in [3.8, 4) is 0 Å². The second kappa shape index (κ2) is 5.60. The van der Waals surface area contributed by atoms with Crippen LogP contribution in [-0.2, 0) is 11.3 Å². The van der Waals surface area contributed by atoms with Crippen LogP contribution in [0.15, 0.2) is 5.38 Å². The number of carbonyl (C=O) groups excluding carboxylic acids is 1. The average molecular weight is 320 g/mol.